The Hall–Kier alpha value is -2.12. The lowest BCUT2D eigenvalue weighted by atomic mass is 10.1. The number of hydrogen-bond donors (Lipinski definition) is 2. The molecule has 1 atom stereocenters. The van der Waals surface area contributed by atoms with Crippen LogP contribution in [0.1, 0.15) is 6.42 Å². The fraction of sp³-hybridized carbons (Fsp3) is 0.467. The molecule has 1 aliphatic heterocycles. The summed E-state index contributed by atoms with van der Waals surface area (Å²) in [4.78, 5) is 25.3. The monoisotopic (exact) mass is 308 g/mol. The van der Waals surface area contributed by atoms with Gasteiger partial charge in [-0.1, -0.05) is 12.1 Å². The number of benzene rings is 1. The number of hydrogen-bond acceptors (Lipinski definition) is 5. The number of carboxylic acids is 1. The standard InChI is InChI=1S/C15H20N2O5/c1-21-13-5-3-2-4-11(13)16-14(18)10-12(15(19)20)17-6-8-22-9-7-17/h2-5,12H,6-10H2,1H3,(H,16,18)(H,19,20)/t12-/m1/s1. The summed E-state index contributed by atoms with van der Waals surface area (Å²) < 4.78 is 10.4. The smallest absolute Gasteiger partial charge is 0.321 e. The molecule has 120 valence electrons. The highest BCUT2D eigenvalue weighted by Crippen LogP contribution is 2.23. The van der Waals surface area contributed by atoms with Crippen LogP contribution in [0.2, 0.25) is 0 Å². The third kappa shape index (κ3) is 4.19. The SMILES string of the molecule is COc1ccccc1NC(=O)C[C@H](C(=O)O)N1CCOCC1. The molecule has 0 spiro atoms. The summed E-state index contributed by atoms with van der Waals surface area (Å²) in [6, 6.07) is 6.16. The summed E-state index contributed by atoms with van der Waals surface area (Å²) in [7, 11) is 1.51. The molecule has 1 aromatic rings. The lowest BCUT2D eigenvalue weighted by Gasteiger charge is -2.31. The normalized spacial score (nSPS) is 16.8. The molecule has 0 aromatic heterocycles. The van der Waals surface area contributed by atoms with Gasteiger partial charge in [0.2, 0.25) is 5.91 Å². The van der Waals surface area contributed by atoms with E-state index in [1.165, 1.54) is 7.11 Å². The maximum Gasteiger partial charge on any atom is 0.321 e. The number of carbonyl (C=O) groups excluding carboxylic acids is 1. The average molecular weight is 308 g/mol. The van der Waals surface area contributed by atoms with Crippen LogP contribution in [0.5, 0.6) is 5.75 Å². The Balaban J connectivity index is 2.00. The van der Waals surface area contributed by atoms with Gasteiger partial charge in [-0.15, -0.1) is 0 Å². The van der Waals surface area contributed by atoms with E-state index in [0.29, 0.717) is 37.7 Å². The van der Waals surface area contributed by atoms with E-state index >= 15 is 0 Å². The van der Waals surface area contributed by atoms with Gasteiger partial charge in [-0.2, -0.15) is 0 Å². The first-order valence-corrected chi connectivity index (χ1v) is 7.09. The van der Waals surface area contributed by atoms with Gasteiger partial charge in [0.15, 0.2) is 0 Å². The minimum Gasteiger partial charge on any atom is -0.495 e. The van der Waals surface area contributed by atoms with Crippen molar-refractivity contribution in [2.75, 3.05) is 38.7 Å². The molecule has 1 aromatic carbocycles. The van der Waals surface area contributed by atoms with Crippen LogP contribution in [0, 0.1) is 0 Å². The molecule has 0 saturated carbocycles. The van der Waals surface area contributed by atoms with E-state index in [9.17, 15) is 14.7 Å². The quantitative estimate of drug-likeness (QED) is 0.808. The van der Waals surface area contributed by atoms with Crippen molar-refractivity contribution in [3.63, 3.8) is 0 Å². The number of nitrogens with zero attached hydrogens (tertiary/aromatic N) is 1. The summed E-state index contributed by atoms with van der Waals surface area (Å²) in [5, 5.41) is 12.1. The number of anilines is 1. The zero-order valence-electron chi connectivity index (χ0n) is 12.4. The van der Waals surface area contributed by atoms with E-state index in [0.717, 1.165) is 0 Å². The Kier molecular flexibility index (Phi) is 5.74. The van der Waals surface area contributed by atoms with Gasteiger partial charge in [-0.25, -0.2) is 0 Å². The van der Waals surface area contributed by atoms with Gasteiger partial charge in [0.25, 0.3) is 0 Å². The second kappa shape index (κ2) is 7.77. The molecule has 0 unspecified atom stereocenters. The van der Waals surface area contributed by atoms with Crippen LogP contribution >= 0.6 is 0 Å². The van der Waals surface area contributed by atoms with Crippen molar-refractivity contribution in [2.24, 2.45) is 0 Å². The van der Waals surface area contributed by atoms with Gasteiger partial charge in [0, 0.05) is 13.1 Å². The third-order valence-corrected chi connectivity index (χ3v) is 3.53. The first kappa shape index (κ1) is 16.3. The topological polar surface area (TPSA) is 88.1 Å². The number of morpholine rings is 1. The minimum atomic E-state index is -1.00. The lowest BCUT2D eigenvalue weighted by Crippen LogP contribution is -2.48. The maximum absolute atomic E-state index is 12.2. The Morgan fingerprint density at radius 1 is 1.36 bits per heavy atom. The van der Waals surface area contributed by atoms with E-state index in [1.54, 1.807) is 29.2 Å². The van der Waals surface area contributed by atoms with Crippen LogP contribution in [0.15, 0.2) is 24.3 Å². The zero-order valence-corrected chi connectivity index (χ0v) is 12.4. The number of rotatable bonds is 6. The highest BCUT2D eigenvalue weighted by atomic mass is 16.5. The molecule has 22 heavy (non-hydrogen) atoms. The van der Waals surface area contributed by atoms with Crippen molar-refractivity contribution in [2.45, 2.75) is 12.5 Å². The summed E-state index contributed by atoms with van der Waals surface area (Å²) in [6.07, 6.45) is -0.118. The Bertz CT molecular complexity index is 528. The van der Waals surface area contributed by atoms with E-state index in [-0.39, 0.29) is 12.3 Å². The molecule has 2 N–H and O–H groups in total. The molecule has 1 heterocycles. The number of amides is 1. The van der Waals surface area contributed by atoms with Crippen molar-refractivity contribution in [3.05, 3.63) is 24.3 Å². The molecule has 2 rings (SSSR count). The van der Waals surface area contributed by atoms with Crippen LogP contribution in [-0.2, 0) is 14.3 Å². The van der Waals surface area contributed by atoms with E-state index in [4.69, 9.17) is 9.47 Å². The van der Waals surface area contributed by atoms with Gasteiger partial charge < -0.3 is 19.9 Å². The van der Waals surface area contributed by atoms with Crippen LogP contribution in [-0.4, -0.2) is 61.3 Å². The van der Waals surface area contributed by atoms with Crippen molar-refractivity contribution >= 4 is 17.6 Å². The highest BCUT2D eigenvalue weighted by molar-refractivity contribution is 5.95. The summed E-state index contributed by atoms with van der Waals surface area (Å²) in [5.41, 5.74) is 0.529. The Morgan fingerprint density at radius 3 is 2.68 bits per heavy atom. The van der Waals surface area contributed by atoms with Crippen LogP contribution < -0.4 is 10.1 Å². The number of nitrogens with one attached hydrogen (secondary N) is 1. The molecule has 0 aliphatic carbocycles. The Labute approximate surface area is 128 Å². The largest absolute Gasteiger partial charge is 0.495 e. The van der Waals surface area contributed by atoms with Crippen molar-refractivity contribution in [3.8, 4) is 5.75 Å². The molecule has 0 bridgehead atoms. The van der Waals surface area contributed by atoms with Crippen LogP contribution in [0.3, 0.4) is 0 Å². The summed E-state index contributed by atoms with van der Waals surface area (Å²) >= 11 is 0. The summed E-state index contributed by atoms with van der Waals surface area (Å²) in [6.45, 7) is 1.99. The lowest BCUT2D eigenvalue weighted by molar-refractivity contribution is -0.147. The van der Waals surface area contributed by atoms with Gasteiger partial charge in [0.1, 0.15) is 11.8 Å². The number of aliphatic carboxylic acids is 1. The number of ether oxygens (including phenoxy) is 2. The maximum atomic E-state index is 12.2. The van der Waals surface area contributed by atoms with Crippen molar-refractivity contribution in [1.82, 2.24) is 4.90 Å². The minimum absolute atomic E-state index is 0.118. The second-order valence-corrected chi connectivity index (χ2v) is 4.95. The molecule has 1 amide bonds. The number of para-hydroxylation sites is 2. The predicted molar refractivity (Wildman–Crippen MR) is 80.1 cm³/mol. The number of methoxy groups -OCH3 is 1. The van der Waals surface area contributed by atoms with Crippen LogP contribution in [0.4, 0.5) is 5.69 Å². The predicted octanol–water partition coefficient (Wildman–Crippen LogP) is 0.809. The first-order chi connectivity index (χ1) is 10.6. The van der Waals surface area contributed by atoms with Crippen LogP contribution in [0.25, 0.3) is 0 Å². The average Bonchev–Trinajstić information content (AvgIpc) is 2.53. The molecule has 1 aliphatic rings. The zero-order chi connectivity index (χ0) is 15.9. The molecule has 1 saturated heterocycles. The van der Waals surface area contributed by atoms with E-state index < -0.39 is 12.0 Å². The highest BCUT2D eigenvalue weighted by Gasteiger charge is 2.29. The molecule has 0 radical (unpaired) electrons. The first-order valence-electron chi connectivity index (χ1n) is 7.09. The molecule has 1 fully saturated rings. The van der Waals surface area contributed by atoms with Gasteiger partial charge in [-0.3, -0.25) is 14.5 Å². The summed E-state index contributed by atoms with van der Waals surface area (Å²) in [5.74, 6) is -0.824. The van der Waals surface area contributed by atoms with Gasteiger partial charge in [0.05, 0.1) is 32.4 Å². The van der Waals surface area contributed by atoms with E-state index in [1.807, 2.05) is 0 Å². The molecular formula is C15H20N2O5. The third-order valence-electron chi connectivity index (χ3n) is 3.53. The molecule has 7 heteroatoms. The number of carbonyl (C=O) groups is 2. The number of carboxylic acid groups (broad SMARTS) is 1. The Morgan fingerprint density at radius 2 is 2.05 bits per heavy atom. The van der Waals surface area contributed by atoms with Crippen molar-refractivity contribution < 1.29 is 24.2 Å². The van der Waals surface area contributed by atoms with Gasteiger partial charge in [-0.05, 0) is 12.1 Å². The van der Waals surface area contributed by atoms with Gasteiger partial charge >= 0.3 is 5.97 Å². The van der Waals surface area contributed by atoms with Crippen molar-refractivity contribution in [1.29, 1.82) is 0 Å². The molecular weight excluding hydrogens is 288 g/mol. The fourth-order valence-corrected chi connectivity index (χ4v) is 2.39. The molecule has 7 nitrogen and oxygen atoms in total. The fourth-order valence-electron chi connectivity index (χ4n) is 2.39. The van der Waals surface area contributed by atoms with E-state index in [2.05, 4.69) is 5.32 Å². The second-order valence-electron chi connectivity index (χ2n) is 4.95.